The van der Waals surface area contributed by atoms with Crippen LogP contribution in [0.1, 0.15) is 59.6 Å². The molecule has 0 bridgehead atoms. The van der Waals surface area contributed by atoms with Crippen LogP contribution < -0.4 is 10.5 Å². The normalized spacial score (nSPS) is 25.2. The van der Waals surface area contributed by atoms with E-state index in [2.05, 4.69) is 16.5 Å². The molecule has 2 aromatic rings. The maximum Gasteiger partial charge on any atom is 0.420 e. The summed E-state index contributed by atoms with van der Waals surface area (Å²) in [7, 11) is 1.61. The first-order valence-corrected chi connectivity index (χ1v) is 13.8. The van der Waals surface area contributed by atoms with Crippen LogP contribution >= 0.6 is 11.9 Å². The number of halogens is 2. The zero-order chi connectivity index (χ0) is 29.9. The van der Waals surface area contributed by atoms with E-state index in [0.717, 1.165) is 28.8 Å². The molecule has 4 atom stereocenters. The van der Waals surface area contributed by atoms with Gasteiger partial charge in [-0.05, 0) is 76.3 Å². The molecule has 218 valence electrons. The minimum absolute atomic E-state index is 0.172. The molecule has 2 aliphatic rings. The second kappa shape index (κ2) is 12.1. The van der Waals surface area contributed by atoms with E-state index in [1.807, 2.05) is 31.2 Å². The first kappa shape index (κ1) is 31.3. The zero-order valence-electron chi connectivity index (χ0n) is 23.8. The lowest BCUT2D eigenvalue weighted by Crippen LogP contribution is -2.51. The molecule has 1 aliphatic heterocycles. The van der Waals surface area contributed by atoms with Gasteiger partial charge < -0.3 is 15.2 Å². The highest BCUT2D eigenvalue weighted by Gasteiger charge is 2.63. The molecule has 2 aromatic heterocycles. The number of fused-ring (bicyclic) bond motifs is 1. The second-order valence-electron chi connectivity index (χ2n) is 11.3. The van der Waals surface area contributed by atoms with Gasteiger partial charge >= 0.3 is 6.09 Å². The molecule has 0 radical (unpaired) electrons. The van der Waals surface area contributed by atoms with Gasteiger partial charge in [0.15, 0.2) is 0 Å². The van der Waals surface area contributed by atoms with Crippen molar-refractivity contribution in [2.24, 2.45) is 17.6 Å². The van der Waals surface area contributed by atoms with E-state index in [4.69, 9.17) is 15.2 Å². The lowest BCUT2D eigenvalue weighted by molar-refractivity contribution is -0.125. The topological polar surface area (TPSA) is 108 Å². The Hall–Kier alpha value is -3.21. The molecule has 4 rings (SSSR count). The number of nitrogens with two attached hydrogens (primary N) is 1. The third-order valence-corrected chi connectivity index (χ3v) is 8.72. The molecular weight excluding hydrogens is 538 g/mol. The van der Waals surface area contributed by atoms with Gasteiger partial charge in [0.2, 0.25) is 11.8 Å². The van der Waals surface area contributed by atoms with Crippen molar-refractivity contribution >= 4 is 30.0 Å². The largest absolute Gasteiger partial charge is 0.481 e. The van der Waals surface area contributed by atoms with Crippen LogP contribution in [0.3, 0.4) is 0 Å². The molecule has 1 saturated carbocycles. The Morgan fingerprint density at radius 3 is 2.50 bits per heavy atom. The van der Waals surface area contributed by atoms with Crippen LogP contribution in [0.2, 0.25) is 0 Å². The number of aromatic nitrogens is 2. The number of rotatable bonds is 5. The van der Waals surface area contributed by atoms with Crippen molar-refractivity contribution in [3.05, 3.63) is 48.9 Å². The Bertz CT molecular complexity index is 1220. The van der Waals surface area contributed by atoms with Crippen LogP contribution in [0.4, 0.5) is 13.6 Å². The van der Waals surface area contributed by atoms with Crippen LogP contribution in [0, 0.1) is 11.8 Å². The first-order chi connectivity index (χ1) is 18.6. The van der Waals surface area contributed by atoms with Gasteiger partial charge in [0.1, 0.15) is 5.60 Å². The van der Waals surface area contributed by atoms with Gasteiger partial charge in [-0.2, -0.15) is 0 Å². The maximum absolute atomic E-state index is 14.4. The third kappa shape index (κ3) is 7.10. The number of pyridine rings is 2. The van der Waals surface area contributed by atoms with Crippen molar-refractivity contribution in [2.75, 3.05) is 7.11 Å². The summed E-state index contributed by atoms with van der Waals surface area (Å²) in [5.41, 5.74) is 7.43. The quantitative estimate of drug-likeness (QED) is 0.413. The molecule has 8 nitrogen and oxygen atoms in total. The number of hydrogen-bond acceptors (Lipinski definition) is 7. The molecule has 11 heteroatoms. The van der Waals surface area contributed by atoms with Crippen LogP contribution in [0.25, 0.3) is 17.2 Å². The number of carbonyl (C=O) groups is 2. The summed E-state index contributed by atoms with van der Waals surface area (Å²) in [5.74, 6) is -3.93. The SMILES string of the molecule is C=Cc1ccc(-c2cccnc2OC)cn1.CC1C2CC(C)C(F)(F)C[C@]2(CC(N)=O)SN1C(=O)OC(C)(C)C. The molecule has 2 fully saturated rings. The van der Waals surface area contributed by atoms with E-state index in [-0.39, 0.29) is 24.8 Å². The van der Waals surface area contributed by atoms with Gasteiger partial charge in [0.25, 0.3) is 5.92 Å². The fourth-order valence-corrected chi connectivity index (χ4v) is 6.85. The Kier molecular flexibility index (Phi) is 9.49. The van der Waals surface area contributed by atoms with E-state index in [1.54, 1.807) is 46.4 Å². The zero-order valence-corrected chi connectivity index (χ0v) is 24.6. The maximum atomic E-state index is 14.4. The van der Waals surface area contributed by atoms with Gasteiger partial charge in [-0.25, -0.2) is 22.9 Å². The van der Waals surface area contributed by atoms with Crippen molar-refractivity contribution in [3.63, 3.8) is 0 Å². The van der Waals surface area contributed by atoms with Gasteiger partial charge in [0, 0.05) is 48.3 Å². The first-order valence-electron chi connectivity index (χ1n) is 13.1. The van der Waals surface area contributed by atoms with Crippen LogP contribution in [-0.4, -0.2) is 55.7 Å². The lowest BCUT2D eigenvalue weighted by Gasteiger charge is -2.44. The molecule has 2 amide bonds. The van der Waals surface area contributed by atoms with Crippen molar-refractivity contribution in [1.82, 2.24) is 14.3 Å². The van der Waals surface area contributed by atoms with Gasteiger partial charge in [-0.1, -0.05) is 19.6 Å². The monoisotopic (exact) mass is 576 g/mol. The van der Waals surface area contributed by atoms with Crippen molar-refractivity contribution in [2.45, 2.75) is 76.2 Å². The molecule has 1 saturated heterocycles. The van der Waals surface area contributed by atoms with Gasteiger partial charge in [-0.3, -0.25) is 9.78 Å². The average Bonchev–Trinajstić information content (AvgIpc) is 3.13. The van der Waals surface area contributed by atoms with Crippen molar-refractivity contribution in [1.29, 1.82) is 0 Å². The Labute approximate surface area is 238 Å². The molecule has 40 heavy (non-hydrogen) atoms. The summed E-state index contributed by atoms with van der Waals surface area (Å²) < 4.78 is 39.7. The number of ether oxygens (including phenoxy) is 2. The molecule has 0 spiro atoms. The Morgan fingerprint density at radius 2 is 1.95 bits per heavy atom. The molecule has 0 aromatic carbocycles. The van der Waals surface area contributed by atoms with E-state index < -0.39 is 40.6 Å². The summed E-state index contributed by atoms with van der Waals surface area (Å²) in [5, 5.41) is 0. The van der Waals surface area contributed by atoms with E-state index >= 15 is 0 Å². The number of nitrogens with zero attached hydrogens (tertiary/aromatic N) is 3. The average molecular weight is 577 g/mol. The van der Waals surface area contributed by atoms with Crippen molar-refractivity contribution in [3.8, 4) is 17.0 Å². The molecular formula is C29H38F2N4O4S. The van der Waals surface area contributed by atoms with Gasteiger partial charge in [0.05, 0.1) is 17.6 Å². The summed E-state index contributed by atoms with van der Waals surface area (Å²) in [6.07, 6.45) is 4.26. The number of hydrogen-bond donors (Lipinski definition) is 1. The minimum Gasteiger partial charge on any atom is -0.481 e. The lowest BCUT2D eigenvalue weighted by atomic mass is 9.68. The standard InChI is InChI=1S/C16H26F2N2O3S.C13H12N2O/c1-9-6-11-10(2)20(13(22)23-14(3,4)5)24-15(11,7-12(19)21)8-16(9,17)18;1-3-11-7-6-10(9-15-11)12-5-4-8-14-13(12)16-2/h9-11H,6-8H2,1-5H3,(H2,19,21);3-9H,1H2,2H3/t9?,10?,11?,15-;/m0./s1. The highest BCUT2D eigenvalue weighted by Crippen LogP contribution is 2.61. The molecule has 3 unspecified atom stereocenters. The van der Waals surface area contributed by atoms with Crippen molar-refractivity contribution < 1.29 is 27.8 Å². The summed E-state index contributed by atoms with van der Waals surface area (Å²) >= 11 is 1.01. The number of alkyl halides is 2. The predicted octanol–water partition coefficient (Wildman–Crippen LogP) is 6.36. The Morgan fingerprint density at radius 1 is 1.25 bits per heavy atom. The fourth-order valence-electron chi connectivity index (χ4n) is 5.14. The van der Waals surface area contributed by atoms with E-state index in [9.17, 15) is 18.4 Å². The number of amides is 2. The fraction of sp³-hybridized carbons (Fsp3) is 0.517. The summed E-state index contributed by atoms with van der Waals surface area (Å²) in [4.78, 5) is 32.4. The van der Waals surface area contributed by atoms with E-state index in [0.29, 0.717) is 5.88 Å². The molecule has 1 aliphatic carbocycles. The smallest absolute Gasteiger partial charge is 0.420 e. The van der Waals surface area contributed by atoms with E-state index in [1.165, 1.54) is 11.2 Å². The Balaban J connectivity index is 0.000000238. The summed E-state index contributed by atoms with van der Waals surface area (Å²) in [6, 6.07) is 7.41. The minimum atomic E-state index is -2.89. The molecule has 3 heterocycles. The predicted molar refractivity (Wildman–Crippen MR) is 153 cm³/mol. The number of methoxy groups -OCH3 is 1. The van der Waals surface area contributed by atoms with Crippen LogP contribution in [0.15, 0.2) is 43.2 Å². The molecule has 2 N–H and O–H groups in total. The van der Waals surface area contributed by atoms with Gasteiger partial charge in [-0.15, -0.1) is 0 Å². The second-order valence-corrected chi connectivity index (χ2v) is 12.7. The number of primary amides is 1. The third-order valence-electron chi connectivity index (χ3n) is 7.09. The highest BCUT2D eigenvalue weighted by molar-refractivity contribution is 7.99. The number of carbonyl (C=O) groups excluding carboxylic acids is 2. The highest BCUT2D eigenvalue weighted by atomic mass is 32.2. The summed E-state index contributed by atoms with van der Waals surface area (Å²) in [6.45, 7) is 12.2. The van der Waals surface area contributed by atoms with Crippen LogP contribution in [-0.2, 0) is 9.53 Å². The van der Waals surface area contributed by atoms with Crippen LogP contribution in [0.5, 0.6) is 5.88 Å².